The number of aromatic nitrogens is 2. The molecule has 0 saturated carbocycles. The lowest BCUT2D eigenvalue weighted by Crippen LogP contribution is -2.29. The average Bonchev–Trinajstić information content (AvgIpc) is 3.21. The van der Waals surface area contributed by atoms with Crippen LogP contribution in [0.5, 0.6) is 17.2 Å². The van der Waals surface area contributed by atoms with Gasteiger partial charge in [-0.2, -0.15) is 5.10 Å². The lowest BCUT2D eigenvalue weighted by atomic mass is 10.0. The topological polar surface area (TPSA) is 71.5 Å². The molecule has 158 valence electrons. The van der Waals surface area contributed by atoms with Crippen molar-refractivity contribution in [3.63, 3.8) is 0 Å². The molecule has 0 bridgehead atoms. The number of halogens is 1. The summed E-state index contributed by atoms with van der Waals surface area (Å²) in [5.74, 6) is 1.84. The van der Waals surface area contributed by atoms with Crippen LogP contribution in [0.15, 0.2) is 66.9 Å². The second-order valence-corrected chi connectivity index (χ2v) is 7.55. The van der Waals surface area contributed by atoms with Crippen molar-refractivity contribution in [3.05, 3.63) is 78.2 Å². The van der Waals surface area contributed by atoms with E-state index in [0.717, 1.165) is 27.9 Å². The molecule has 0 aliphatic carbocycles. The molecule has 0 spiro atoms. The van der Waals surface area contributed by atoms with Crippen molar-refractivity contribution in [3.8, 4) is 22.9 Å². The molecule has 2 N–H and O–H groups in total. The number of hydrogen-bond acceptors (Lipinski definition) is 5. The van der Waals surface area contributed by atoms with Gasteiger partial charge in [0.25, 0.3) is 0 Å². The van der Waals surface area contributed by atoms with Gasteiger partial charge in [0.05, 0.1) is 17.4 Å². The van der Waals surface area contributed by atoms with Gasteiger partial charge in [-0.1, -0.05) is 6.07 Å². The highest BCUT2D eigenvalue weighted by molar-refractivity contribution is 5.81. The predicted octanol–water partition coefficient (Wildman–Crippen LogP) is 4.40. The first kappa shape index (κ1) is 19.4. The van der Waals surface area contributed by atoms with Gasteiger partial charge in [-0.15, -0.1) is 0 Å². The van der Waals surface area contributed by atoms with Crippen molar-refractivity contribution in [2.24, 2.45) is 5.73 Å². The molecular weight excluding hydrogens is 397 g/mol. The molecule has 2 heterocycles. The number of nitrogens with two attached hydrogens (primary N) is 1. The Kier molecular flexibility index (Phi) is 4.95. The number of benzene rings is 3. The van der Waals surface area contributed by atoms with Crippen LogP contribution in [-0.4, -0.2) is 29.0 Å². The second kappa shape index (κ2) is 7.92. The smallest absolute Gasteiger partial charge is 0.161 e. The summed E-state index contributed by atoms with van der Waals surface area (Å²) < 4.78 is 32.6. The summed E-state index contributed by atoms with van der Waals surface area (Å²) in [5.41, 5.74) is 8.86. The Bertz CT molecular complexity index is 1220. The first-order chi connectivity index (χ1) is 15.1. The molecule has 4 aromatic rings. The molecule has 1 aliphatic rings. The van der Waals surface area contributed by atoms with Crippen molar-refractivity contribution >= 4 is 10.9 Å². The van der Waals surface area contributed by atoms with Crippen molar-refractivity contribution in [2.75, 3.05) is 13.2 Å². The van der Waals surface area contributed by atoms with E-state index in [0.29, 0.717) is 24.7 Å². The lowest BCUT2D eigenvalue weighted by Gasteiger charge is -2.25. The number of ether oxygens (including phenoxy) is 3. The highest BCUT2D eigenvalue weighted by Gasteiger charge is 2.22. The van der Waals surface area contributed by atoms with Gasteiger partial charge in [0.1, 0.15) is 30.9 Å². The molecule has 1 aromatic heterocycles. The first-order valence-corrected chi connectivity index (χ1v) is 10.1. The van der Waals surface area contributed by atoms with Gasteiger partial charge in [0.15, 0.2) is 11.5 Å². The van der Waals surface area contributed by atoms with Gasteiger partial charge in [0.2, 0.25) is 0 Å². The fraction of sp³-hybridized carbons (Fsp3) is 0.208. The van der Waals surface area contributed by atoms with Crippen LogP contribution in [0.4, 0.5) is 4.39 Å². The van der Waals surface area contributed by atoms with E-state index in [1.165, 1.54) is 12.1 Å². The van der Waals surface area contributed by atoms with E-state index in [-0.39, 0.29) is 18.0 Å². The van der Waals surface area contributed by atoms with Crippen LogP contribution >= 0.6 is 0 Å². The minimum absolute atomic E-state index is 0.250. The van der Waals surface area contributed by atoms with Crippen molar-refractivity contribution in [2.45, 2.75) is 19.1 Å². The summed E-state index contributed by atoms with van der Waals surface area (Å²) >= 11 is 0. The molecule has 0 radical (unpaired) electrons. The van der Waals surface area contributed by atoms with E-state index in [9.17, 15) is 4.39 Å². The molecular formula is C24H22FN3O3. The SMILES string of the molecule is C[C@H](N)[C@H](Oc1ccc2c(cnn2-c2ccc(F)cc2)c1)c1ccc2c(c1)OCCO2. The van der Waals surface area contributed by atoms with Gasteiger partial charge < -0.3 is 19.9 Å². The standard InChI is InChI=1S/C24H22FN3O3/c1-15(26)24(16-2-9-22-23(13-16)30-11-10-29-22)31-20-7-8-21-17(12-20)14-27-28(21)19-5-3-18(25)4-6-19/h2-9,12-15,24H,10-11,26H2,1H3/t15-,24-/m0/s1. The first-order valence-electron chi connectivity index (χ1n) is 10.1. The van der Waals surface area contributed by atoms with Crippen molar-refractivity contribution in [1.82, 2.24) is 9.78 Å². The predicted molar refractivity (Wildman–Crippen MR) is 115 cm³/mol. The molecule has 2 atom stereocenters. The fourth-order valence-corrected chi connectivity index (χ4v) is 3.73. The summed E-state index contributed by atoms with van der Waals surface area (Å²) in [6.45, 7) is 2.98. The Balaban J connectivity index is 1.44. The van der Waals surface area contributed by atoms with E-state index in [4.69, 9.17) is 19.9 Å². The van der Waals surface area contributed by atoms with Crippen LogP contribution in [0.1, 0.15) is 18.6 Å². The Morgan fingerprint density at radius 1 is 1.00 bits per heavy atom. The summed E-state index contributed by atoms with van der Waals surface area (Å²) in [4.78, 5) is 0. The van der Waals surface area contributed by atoms with Gasteiger partial charge in [-0.05, 0) is 67.1 Å². The zero-order valence-electron chi connectivity index (χ0n) is 17.0. The molecule has 7 heteroatoms. The van der Waals surface area contributed by atoms with Crippen LogP contribution in [0.3, 0.4) is 0 Å². The maximum absolute atomic E-state index is 13.2. The highest BCUT2D eigenvalue weighted by Crippen LogP contribution is 2.35. The largest absolute Gasteiger partial charge is 0.486 e. The Morgan fingerprint density at radius 2 is 1.77 bits per heavy atom. The molecule has 0 amide bonds. The monoisotopic (exact) mass is 419 g/mol. The third kappa shape index (κ3) is 3.80. The zero-order valence-corrected chi connectivity index (χ0v) is 17.0. The number of fused-ring (bicyclic) bond motifs is 2. The van der Waals surface area contributed by atoms with Crippen LogP contribution in [0.25, 0.3) is 16.6 Å². The number of hydrogen-bond donors (Lipinski definition) is 1. The van der Waals surface area contributed by atoms with E-state index >= 15 is 0 Å². The third-order valence-electron chi connectivity index (χ3n) is 5.25. The molecule has 6 nitrogen and oxygen atoms in total. The second-order valence-electron chi connectivity index (χ2n) is 7.55. The lowest BCUT2D eigenvalue weighted by molar-refractivity contribution is 0.165. The molecule has 0 saturated heterocycles. The summed E-state index contributed by atoms with van der Waals surface area (Å²) in [6, 6.07) is 17.5. The average molecular weight is 419 g/mol. The number of rotatable bonds is 5. The van der Waals surface area contributed by atoms with Crippen LogP contribution in [0.2, 0.25) is 0 Å². The van der Waals surface area contributed by atoms with Crippen LogP contribution < -0.4 is 19.9 Å². The van der Waals surface area contributed by atoms with E-state index in [1.54, 1.807) is 23.0 Å². The molecule has 5 rings (SSSR count). The molecule has 0 unspecified atom stereocenters. The maximum atomic E-state index is 13.2. The van der Waals surface area contributed by atoms with Crippen molar-refractivity contribution < 1.29 is 18.6 Å². The minimum atomic E-state index is -0.361. The van der Waals surface area contributed by atoms with Gasteiger partial charge >= 0.3 is 0 Å². The molecule has 31 heavy (non-hydrogen) atoms. The Labute approximate surface area is 178 Å². The Morgan fingerprint density at radius 3 is 2.55 bits per heavy atom. The van der Waals surface area contributed by atoms with Crippen LogP contribution in [0, 0.1) is 5.82 Å². The summed E-state index contributed by atoms with van der Waals surface area (Å²) in [5, 5.41) is 5.35. The quantitative estimate of drug-likeness (QED) is 0.519. The number of nitrogens with zero attached hydrogens (tertiary/aromatic N) is 2. The van der Waals surface area contributed by atoms with E-state index in [2.05, 4.69) is 5.10 Å². The Hall–Kier alpha value is -3.58. The summed E-state index contributed by atoms with van der Waals surface area (Å²) in [6.07, 6.45) is 1.40. The normalized spacial score (nSPS) is 14.9. The van der Waals surface area contributed by atoms with Gasteiger partial charge in [-0.3, -0.25) is 0 Å². The zero-order chi connectivity index (χ0) is 21.4. The van der Waals surface area contributed by atoms with E-state index < -0.39 is 0 Å². The van der Waals surface area contributed by atoms with Gasteiger partial charge in [0, 0.05) is 11.4 Å². The fourth-order valence-electron chi connectivity index (χ4n) is 3.73. The summed E-state index contributed by atoms with van der Waals surface area (Å²) in [7, 11) is 0. The molecule has 1 aliphatic heterocycles. The molecule has 3 aromatic carbocycles. The van der Waals surface area contributed by atoms with E-state index in [1.807, 2.05) is 43.3 Å². The van der Waals surface area contributed by atoms with Crippen LogP contribution in [-0.2, 0) is 0 Å². The van der Waals surface area contributed by atoms with Gasteiger partial charge in [-0.25, -0.2) is 9.07 Å². The molecule has 0 fully saturated rings. The third-order valence-corrected chi connectivity index (χ3v) is 5.25. The highest BCUT2D eigenvalue weighted by atomic mass is 19.1. The maximum Gasteiger partial charge on any atom is 0.161 e. The minimum Gasteiger partial charge on any atom is -0.486 e. The van der Waals surface area contributed by atoms with Crippen molar-refractivity contribution in [1.29, 1.82) is 0 Å².